The molecule has 1 aromatic heterocycles. The second kappa shape index (κ2) is 9.35. The lowest BCUT2D eigenvalue weighted by Crippen LogP contribution is -2.38. The fourth-order valence-electron chi connectivity index (χ4n) is 3.89. The highest BCUT2D eigenvalue weighted by atomic mass is 16.2. The lowest BCUT2D eigenvalue weighted by molar-refractivity contribution is -0.120. The fourth-order valence-corrected chi connectivity index (χ4v) is 3.89. The highest BCUT2D eigenvalue weighted by molar-refractivity contribution is 6.04. The first-order valence-electron chi connectivity index (χ1n) is 11.2. The van der Waals surface area contributed by atoms with Crippen molar-refractivity contribution in [3.63, 3.8) is 0 Å². The van der Waals surface area contributed by atoms with Gasteiger partial charge in [-0.1, -0.05) is 0 Å². The average Bonchev–Trinajstić information content (AvgIpc) is 3.60. The van der Waals surface area contributed by atoms with E-state index in [0.29, 0.717) is 22.2 Å². The maximum atomic E-state index is 12.9. The van der Waals surface area contributed by atoms with Crippen molar-refractivity contribution < 1.29 is 14.4 Å². The van der Waals surface area contributed by atoms with Crippen molar-refractivity contribution >= 4 is 40.4 Å². The number of hydrogen-bond acceptors (Lipinski definition) is 5. The van der Waals surface area contributed by atoms with Gasteiger partial charge in [0, 0.05) is 36.2 Å². The number of aryl methyl sites for hydroxylation is 1. The number of carbonyl (C=O) groups is 3. The summed E-state index contributed by atoms with van der Waals surface area (Å²) in [6, 6.07) is 13.8. The van der Waals surface area contributed by atoms with E-state index in [-0.39, 0.29) is 36.8 Å². The van der Waals surface area contributed by atoms with Crippen LogP contribution in [0.4, 0.5) is 11.6 Å². The third kappa shape index (κ3) is 4.76. The second-order valence-electron chi connectivity index (χ2n) is 8.70. The standard InChI is InChI=1S/C25H26N6O3/c1-15(2)31(24(34)18-7-8-18)19-9-10-21-20(13-19)28-25(30(21)12-11-22(27)32)29-23(33)17-5-3-16(14-26)4-6-17/h3-6,9-10,13,15,18H,7-8,11-12H2,1-2H3,(H2,27,32)(H,28,29,33). The zero-order valence-electron chi connectivity index (χ0n) is 19.1. The number of benzene rings is 2. The predicted octanol–water partition coefficient (Wildman–Crippen LogP) is 3.19. The Kier molecular flexibility index (Phi) is 6.32. The van der Waals surface area contributed by atoms with E-state index >= 15 is 0 Å². The molecule has 2 aromatic carbocycles. The number of rotatable bonds is 8. The number of aromatic nitrogens is 2. The molecule has 1 heterocycles. The highest BCUT2D eigenvalue weighted by Gasteiger charge is 2.35. The number of fused-ring (bicyclic) bond motifs is 1. The molecular weight excluding hydrogens is 432 g/mol. The van der Waals surface area contributed by atoms with E-state index in [2.05, 4.69) is 10.3 Å². The van der Waals surface area contributed by atoms with Crippen LogP contribution in [0.2, 0.25) is 0 Å². The summed E-state index contributed by atoms with van der Waals surface area (Å²) in [4.78, 5) is 43.5. The summed E-state index contributed by atoms with van der Waals surface area (Å²) in [6.45, 7) is 4.18. The summed E-state index contributed by atoms with van der Waals surface area (Å²) < 4.78 is 1.73. The van der Waals surface area contributed by atoms with E-state index in [9.17, 15) is 14.4 Å². The summed E-state index contributed by atoms with van der Waals surface area (Å²) in [5.41, 5.74) is 8.22. The number of amides is 3. The molecule has 9 nitrogen and oxygen atoms in total. The minimum absolute atomic E-state index is 0.0157. The summed E-state index contributed by atoms with van der Waals surface area (Å²) in [7, 11) is 0. The van der Waals surface area contributed by atoms with E-state index in [1.54, 1.807) is 33.7 Å². The molecule has 1 saturated carbocycles. The SMILES string of the molecule is CC(C)N(C(=O)C1CC1)c1ccc2c(c1)nc(NC(=O)c1ccc(C#N)cc1)n2CCC(N)=O. The van der Waals surface area contributed by atoms with Gasteiger partial charge in [0.2, 0.25) is 17.8 Å². The molecule has 0 aliphatic heterocycles. The van der Waals surface area contributed by atoms with Gasteiger partial charge < -0.3 is 15.2 Å². The first-order valence-corrected chi connectivity index (χ1v) is 11.2. The van der Waals surface area contributed by atoms with Crippen LogP contribution in [-0.2, 0) is 16.1 Å². The molecule has 3 amide bonds. The van der Waals surface area contributed by atoms with Crippen LogP contribution in [0.3, 0.4) is 0 Å². The maximum absolute atomic E-state index is 12.9. The van der Waals surface area contributed by atoms with Crippen LogP contribution in [-0.4, -0.2) is 33.3 Å². The number of nitriles is 1. The van der Waals surface area contributed by atoms with Crippen LogP contribution in [0.25, 0.3) is 11.0 Å². The molecule has 0 saturated heterocycles. The largest absolute Gasteiger partial charge is 0.370 e. The van der Waals surface area contributed by atoms with Gasteiger partial charge in [-0.3, -0.25) is 19.7 Å². The second-order valence-corrected chi connectivity index (χ2v) is 8.70. The number of nitrogens with zero attached hydrogens (tertiary/aromatic N) is 4. The quantitative estimate of drug-likeness (QED) is 0.535. The highest BCUT2D eigenvalue weighted by Crippen LogP contribution is 2.35. The lowest BCUT2D eigenvalue weighted by Gasteiger charge is -2.27. The van der Waals surface area contributed by atoms with Crippen molar-refractivity contribution in [3.05, 3.63) is 53.6 Å². The van der Waals surface area contributed by atoms with E-state index in [1.807, 2.05) is 38.1 Å². The Bertz CT molecular complexity index is 1300. The Morgan fingerprint density at radius 3 is 2.50 bits per heavy atom. The Morgan fingerprint density at radius 2 is 1.91 bits per heavy atom. The zero-order chi connectivity index (χ0) is 24.4. The summed E-state index contributed by atoms with van der Waals surface area (Å²) in [5.74, 6) is -0.408. The maximum Gasteiger partial charge on any atom is 0.257 e. The number of nitrogens with two attached hydrogens (primary N) is 1. The monoisotopic (exact) mass is 458 g/mol. The number of anilines is 2. The molecule has 0 bridgehead atoms. The molecule has 0 atom stereocenters. The molecule has 4 rings (SSSR count). The van der Waals surface area contributed by atoms with E-state index < -0.39 is 11.8 Å². The predicted molar refractivity (Wildman–Crippen MR) is 128 cm³/mol. The number of nitrogens with one attached hydrogen (secondary N) is 1. The normalized spacial score (nSPS) is 13.0. The first-order chi connectivity index (χ1) is 16.3. The topological polar surface area (TPSA) is 134 Å². The molecule has 1 fully saturated rings. The van der Waals surface area contributed by atoms with Crippen molar-refractivity contribution in [3.8, 4) is 6.07 Å². The van der Waals surface area contributed by atoms with Crippen LogP contribution in [0.5, 0.6) is 0 Å². The van der Waals surface area contributed by atoms with Gasteiger partial charge in [0.25, 0.3) is 5.91 Å². The fraction of sp³-hybridized carbons (Fsp3) is 0.320. The molecule has 0 unspecified atom stereocenters. The van der Waals surface area contributed by atoms with Crippen LogP contribution in [0, 0.1) is 17.2 Å². The van der Waals surface area contributed by atoms with Crippen molar-refractivity contribution in [1.29, 1.82) is 5.26 Å². The number of carbonyl (C=O) groups excluding carboxylic acids is 3. The van der Waals surface area contributed by atoms with Crippen LogP contribution < -0.4 is 16.0 Å². The van der Waals surface area contributed by atoms with Crippen molar-refractivity contribution in [2.24, 2.45) is 11.7 Å². The Morgan fingerprint density at radius 1 is 1.21 bits per heavy atom. The van der Waals surface area contributed by atoms with Crippen molar-refractivity contribution in [2.45, 2.75) is 45.7 Å². The molecule has 1 aliphatic carbocycles. The van der Waals surface area contributed by atoms with Crippen LogP contribution in [0.1, 0.15) is 49.0 Å². The zero-order valence-corrected chi connectivity index (χ0v) is 19.1. The number of hydrogen-bond donors (Lipinski definition) is 2. The van der Waals surface area contributed by atoms with Gasteiger partial charge >= 0.3 is 0 Å². The van der Waals surface area contributed by atoms with Gasteiger partial charge in [0.15, 0.2) is 0 Å². The van der Waals surface area contributed by atoms with Gasteiger partial charge in [0.1, 0.15) is 0 Å². The molecule has 0 spiro atoms. The molecule has 3 N–H and O–H groups in total. The third-order valence-electron chi connectivity index (χ3n) is 5.77. The molecule has 174 valence electrons. The van der Waals surface area contributed by atoms with E-state index in [4.69, 9.17) is 11.0 Å². The Labute approximate surface area is 197 Å². The van der Waals surface area contributed by atoms with Gasteiger partial charge in [0.05, 0.1) is 22.7 Å². The summed E-state index contributed by atoms with van der Waals surface area (Å²) in [6.07, 6.45) is 1.90. The minimum Gasteiger partial charge on any atom is -0.370 e. The van der Waals surface area contributed by atoms with Gasteiger partial charge in [-0.25, -0.2) is 4.98 Å². The Hall–Kier alpha value is -4.19. The molecule has 1 aliphatic rings. The minimum atomic E-state index is -0.469. The van der Waals surface area contributed by atoms with E-state index in [0.717, 1.165) is 18.5 Å². The molecule has 34 heavy (non-hydrogen) atoms. The van der Waals surface area contributed by atoms with Crippen LogP contribution >= 0.6 is 0 Å². The lowest BCUT2D eigenvalue weighted by atomic mass is 10.1. The summed E-state index contributed by atoms with van der Waals surface area (Å²) in [5, 5.41) is 11.8. The average molecular weight is 459 g/mol. The molecular formula is C25H26N6O3. The first kappa shape index (κ1) is 23.0. The number of imidazole rings is 1. The molecule has 3 aromatic rings. The Balaban J connectivity index is 1.69. The van der Waals surface area contributed by atoms with E-state index in [1.165, 1.54) is 0 Å². The third-order valence-corrected chi connectivity index (χ3v) is 5.77. The van der Waals surface area contributed by atoms with Crippen LogP contribution in [0.15, 0.2) is 42.5 Å². The smallest absolute Gasteiger partial charge is 0.257 e. The number of primary amides is 1. The molecule has 0 radical (unpaired) electrons. The molecule has 9 heteroatoms. The van der Waals surface area contributed by atoms with Gasteiger partial charge in [-0.15, -0.1) is 0 Å². The van der Waals surface area contributed by atoms with Crippen molar-refractivity contribution in [2.75, 3.05) is 10.2 Å². The van der Waals surface area contributed by atoms with Gasteiger partial charge in [-0.05, 0) is 69.2 Å². The van der Waals surface area contributed by atoms with Crippen molar-refractivity contribution in [1.82, 2.24) is 9.55 Å². The van der Waals surface area contributed by atoms with Gasteiger partial charge in [-0.2, -0.15) is 5.26 Å². The summed E-state index contributed by atoms with van der Waals surface area (Å²) >= 11 is 0.